The van der Waals surface area contributed by atoms with Gasteiger partial charge in [0.1, 0.15) is 24.7 Å². The molecule has 0 amide bonds. The van der Waals surface area contributed by atoms with E-state index in [0.717, 1.165) is 48.9 Å². The standard InChI is InChI=1S/C36H44N2O2/c1-7-23-37(24-8-1)27-29-39-35-13-5-3-11-33(35)21-19-31-15-17-32(18-16-31)20-22-34-12-4-6-14-36(34)40-30-28-38-25-9-2-10-26-38/h3-6,11-22H,1-2,7-10,23-30H2. The molecule has 2 fully saturated rings. The first-order valence-electron chi connectivity index (χ1n) is 15.2. The number of para-hydroxylation sites is 2. The Hall–Kier alpha value is -3.34. The summed E-state index contributed by atoms with van der Waals surface area (Å²) >= 11 is 0. The molecule has 0 aromatic heterocycles. The molecular weight excluding hydrogens is 492 g/mol. The molecule has 2 heterocycles. The van der Waals surface area contributed by atoms with Gasteiger partial charge in [-0.2, -0.15) is 0 Å². The van der Waals surface area contributed by atoms with Gasteiger partial charge in [-0.05, 0) is 75.1 Å². The number of benzene rings is 3. The van der Waals surface area contributed by atoms with Gasteiger partial charge in [0, 0.05) is 24.2 Å². The highest BCUT2D eigenvalue weighted by Crippen LogP contribution is 2.23. The lowest BCUT2D eigenvalue weighted by atomic mass is 10.1. The monoisotopic (exact) mass is 536 g/mol. The van der Waals surface area contributed by atoms with E-state index >= 15 is 0 Å². The van der Waals surface area contributed by atoms with Crippen LogP contribution in [-0.4, -0.2) is 62.3 Å². The Morgan fingerprint density at radius 3 is 1.30 bits per heavy atom. The molecule has 2 aliphatic heterocycles. The minimum atomic E-state index is 0.735. The van der Waals surface area contributed by atoms with Crippen molar-refractivity contribution in [1.29, 1.82) is 0 Å². The lowest BCUT2D eigenvalue weighted by molar-refractivity contribution is 0.183. The summed E-state index contributed by atoms with van der Waals surface area (Å²) in [6, 6.07) is 25.3. The number of rotatable bonds is 12. The Kier molecular flexibility index (Phi) is 10.9. The molecular formula is C36H44N2O2. The molecule has 210 valence electrons. The van der Waals surface area contributed by atoms with Crippen LogP contribution in [0.15, 0.2) is 72.8 Å². The summed E-state index contributed by atoms with van der Waals surface area (Å²) in [4.78, 5) is 5.03. The molecule has 0 unspecified atom stereocenters. The molecule has 2 saturated heterocycles. The van der Waals surface area contributed by atoms with Gasteiger partial charge in [-0.3, -0.25) is 9.80 Å². The van der Waals surface area contributed by atoms with Gasteiger partial charge in [-0.25, -0.2) is 0 Å². The summed E-state index contributed by atoms with van der Waals surface area (Å²) < 4.78 is 12.3. The quantitative estimate of drug-likeness (QED) is 0.221. The molecule has 0 aliphatic carbocycles. The first-order chi connectivity index (χ1) is 19.8. The Labute approximate surface area is 240 Å². The second-order valence-corrected chi connectivity index (χ2v) is 10.9. The zero-order chi connectivity index (χ0) is 27.2. The Morgan fingerprint density at radius 2 is 0.875 bits per heavy atom. The van der Waals surface area contributed by atoms with E-state index < -0.39 is 0 Å². The fourth-order valence-corrected chi connectivity index (χ4v) is 5.52. The van der Waals surface area contributed by atoms with E-state index in [1.54, 1.807) is 0 Å². The van der Waals surface area contributed by atoms with Crippen molar-refractivity contribution in [3.05, 3.63) is 95.1 Å². The summed E-state index contributed by atoms with van der Waals surface area (Å²) in [5, 5.41) is 0. The minimum absolute atomic E-state index is 0.735. The molecule has 3 aromatic carbocycles. The number of likely N-dealkylation sites (tertiary alicyclic amines) is 2. The van der Waals surface area contributed by atoms with Crippen molar-refractivity contribution in [2.24, 2.45) is 0 Å². The van der Waals surface area contributed by atoms with Crippen molar-refractivity contribution in [3.63, 3.8) is 0 Å². The van der Waals surface area contributed by atoms with Gasteiger partial charge in [0.25, 0.3) is 0 Å². The fraction of sp³-hybridized carbons (Fsp3) is 0.389. The van der Waals surface area contributed by atoms with E-state index in [9.17, 15) is 0 Å². The number of nitrogens with zero attached hydrogens (tertiary/aromatic N) is 2. The highest BCUT2D eigenvalue weighted by atomic mass is 16.5. The van der Waals surface area contributed by atoms with Crippen LogP contribution in [0.4, 0.5) is 0 Å². The van der Waals surface area contributed by atoms with Crippen LogP contribution in [-0.2, 0) is 0 Å². The predicted molar refractivity (Wildman–Crippen MR) is 169 cm³/mol. The summed E-state index contributed by atoms with van der Waals surface area (Å²) in [5.74, 6) is 1.90. The minimum Gasteiger partial charge on any atom is -0.492 e. The Morgan fingerprint density at radius 1 is 0.475 bits per heavy atom. The van der Waals surface area contributed by atoms with E-state index in [2.05, 4.69) is 94.8 Å². The number of hydrogen-bond acceptors (Lipinski definition) is 4. The Balaban J connectivity index is 1.13. The molecule has 4 heteroatoms. The van der Waals surface area contributed by atoms with Crippen LogP contribution in [0.3, 0.4) is 0 Å². The van der Waals surface area contributed by atoms with Gasteiger partial charge in [-0.15, -0.1) is 0 Å². The van der Waals surface area contributed by atoms with E-state index in [1.165, 1.54) is 75.8 Å². The van der Waals surface area contributed by atoms with Crippen molar-refractivity contribution in [2.45, 2.75) is 38.5 Å². The molecule has 40 heavy (non-hydrogen) atoms. The molecule has 5 rings (SSSR count). The summed E-state index contributed by atoms with van der Waals surface area (Å²) in [7, 11) is 0. The van der Waals surface area contributed by atoms with Crippen molar-refractivity contribution >= 4 is 24.3 Å². The van der Waals surface area contributed by atoms with Crippen molar-refractivity contribution in [1.82, 2.24) is 9.80 Å². The van der Waals surface area contributed by atoms with Crippen LogP contribution in [0.2, 0.25) is 0 Å². The largest absolute Gasteiger partial charge is 0.492 e. The number of piperidine rings is 2. The average molecular weight is 537 g/mol. The van der Waals surface area contributed by atoms with E-state index in [4.69, 9.17) is 9.47 Å². The van der Waals surface area contributed by atoms with Crippen LogP contribution < -0.4 is 9.47 Å². The summed E-state index contributed by atoms with van der Waals surface area (Å²) in [6.07, 6.45) is 16.6. The third kappa shape index (κ3) is 8.84. The molecule has 0 saturated carbocycles. The van der Waals surface area contributed by atoms with Crippen LogP contribution in [0.25, 0.3) is 24.3 Å². The zero-order valence-corrected chi connectivity index (χ0v) is 23.8. The van der Waals surface area contributed by atoms with Gasteiger partial charge in [0.05, 0.1) is 0 Å². The molecule has 4 nitrogen and oxygen atoms in total. The van der Waals surface area contributed by atoms with Gasteiger partial charge in [-0.1, -0.05) is 97.8 Å². The molecule has 2 aliphatic rings. The first kappa shape index (κ1) is 28.2. The van der Waals surface area contributed by atoms with Gasteiger partial charge < -0.3 is 9.47 Å². The van der Waals surface area contributed by atoms with Crippen molar-refractivity contribution < 1.29 is 9.47 Å². The van der Waals surface area contributed by atoms with Gasteiger partial charge in [0.2, 0.25) is 0 Å². The van der Waals surface area contributed by atoms with Gasteiger partial charge >= 0.3 is 0 Å². The van der Waals surface area contributed by atoms with Crippen molar-refractivity contribution in [3.8, 4) is 11.5 Å². The maximum Gasteiger partial charge on any atom is 0.126 e. The molecule has 0 radical (unpaired) electrons. The third-order valence-electron chi connectivity index (χ3n) is 7.91. The molecule has 0 spiro atoms. The fourth-order valence-electron chi connectivity index (χ4n) is 5.52. The smallest absolute Gasteiger partial charge is 0.126 e. The summed E-state index contributed by atoms with van der Waals surface area (Å²) in [6.45, 7) is 8.29. The topological polar surface area (TPSA) is 24.9 Å². The van der Waals surface area contributed by atoms with Gasteiger partial charge in [0.15, 0.2) is 0 Å². The average Bonchev–Trinajstić information content (AvgIpc) is 3.02. The van der Waals surface area contributed by atoms with Crippen LogP contribution in [0.5, 0.6) is 11.5 Å². The van der Waals surface area contributed by atoms with E-state index in [-0.39, 0.29) is 0 Å². The van der Waals surface area contributed by atoms with Crippen LogP contribution in [0, 0.1) is 0 Å². The lowest BCUT2D eigenvalue weighted by Gasteiger charge is -2.26. The molecule has 0 atom stereocenters. The maximum atomic E-state index is 6.17. The van der Waals surface area contributed by atoms with E-state index in [1.807, 2.05) is 12.1 Å². The van der Waals surface area contributed by atoms with Crippen molar-refractivity contribution in [2.75, 3.05) is 52.5 Å². The van der Waals surface area contributed by atoms with E-state index in [0.29, 0.717) is 0 Å². The highest BCUT2D eigenvalue weighted by molar-refractivity contribution is 5.75. The zero-order valence-electron chi connectivity index (χ0n) is 23.8. The van der Waals surface area contributed by atoms with Crippen LogP contribution >= 0.6 is 0 Å². The van der Waals surface area contributed by atoms with Crippen LogP contribution in [0.1, 0.15) is 60.8 Å². The maximum absolute atomic E-state index is 6.17. The first-order valence-corrected chi connectivity index (χ1v) is 15.2. The molecule has 3 aromatic rings. The second kappa shape index (κ2) is 15.4. The predicted octanol–water partition coefficient (Wildman–Crippen LogP) is 7.76. The normalized spacial score (nSPS) is 17.0. The number of hydrogen-bond donors (Lipinski definition) is 0. The number of ether oxygens (including phenoxy) is 2. The SMILES string of the molecule is C(=Cc1ccccc1OCCN1CCCCC1)c1ccc(C=Cc2ccccc2OCCN2CCCCC2)cc1. The third-order valence-corrected chi connectivity index (χ3v) is 7.91. The lowest BCUT2D eigenvalue weighted by Crippen LogP contribution is -2.33. The highest BCUT2D eigenvalue weighted by Gasteiger charge is 2.11. The molecule has 0 N–H and O–H groups in total. The Bertz CT molecular complexity index is 1130. The summed E-state index contributed by atoms with van der Waals surface area (Å²) in [5.41, 5.74) is 4.56. The second-order valence-electron chi connectivity index (χ2n) is 10.9. The molecule has 0 bridgehead atoms.